The lowest BCUT2D eigenvalue weighted by atomic mass is 10.2. The first-order valence-electron chi connectivity index (χ1n) is 7.97. The Morgan fingerprint density at radius 2 is 1.73 bits per heavy atom. The second-order valence-electron chi connectivity index (χ2n) is 5.82. The molecule has 0 spiro atoms. The Balaban J connectivity index is 1.73. The smallest absolute Gasteiger partial charge is 0.255 e. The van der Waals surface area contributed by atoms with Crippen LogP contribution < -0.4 is 0 Å². The predicted octanol–water partition coefficient (Wildman–Crippen LogP) is 2.36. The fourth-order valence-electron chi connectivity index (χ4n) is 2.81. The highest BCUT2D eigenvalue weighted by atomic mass is 35.5. The first kappa shape index (κ1) is 18.4. The normalized spacial score (nSPS) is 15.5. The number of sulfonamides is 1. The van der Waals surface area contributed by atoms with E-state index in [9.17, 15) is 13.2 Å². The Hall–Kier alpha value is -2.40. The molecule has 2 aromatic carbocycles. The molecule has 1 saturated heterocycles. The van der Waals surface area contributed by atoms with E-state index in [1.807, 2.05) is 6.07 Å². The third kappa shape index (κ3) is 3.58. The highest BCUT2D eigenvalue weighted by Crippen LogP contribution is 2.21. The van der Waals surface area contributed by atoms with Crippen LogP contribution in [-0.4, -0.2) is 49.7 Å². The summed E-state index contributed by atoms with van der Waals surface area (Å²) in [7, 11) is -3.70. The number of nitriles is 1. The Kier molecular flexibility index (Phi) is 5.28. The van der Waals surface area contributed by atoms with Crippen LogP contribution in [0.15, 0.2) is 53.4 Å². The Morgan fingerprint density at radius 1 is 1.04 bits per heavy atom. The van der Waals surface area contributed by atoms with E-state index in [4.69, 9.17) is 16.9 Å². The minimum Gasteiger partial charge on any atom is -0.336 e. The monoisotopic (exact) mass is 389 g/mol. The maximum atomic E-state index is 12.7. The predicted molar refractivity (Wildman–Crippen MR) is 97.3 cm³/mol. The first-order chi connectivity index (χ1) is 12.4. The van der Waals surface area contributed by atoms with Gasteiger partial charge in [0.1, 0.15) is 0 Å². The largest absolute Gasteiger partial charge is 0.336 e. The summed E-state index contributed by atoms with van der Waals surface area (Å²) >= 11 is 6.07. The van der Waals surface area contributed by atoms with E-state index in [0.717, 1.165) is 0 Å². The van der Waals surface area contributed by atoms with E-state index >= 15 is 0 Å². The topological polar surface area (TPSA) is 81.5 Å². The average Bonchev–Trinajstić information content (AvgIpc) is 2.68. The minimum absolute atomic E-state index is 0.0856. The van der Waals surface area contributed by atoms with Crippen LogP contribution in [0.2, 0.25) is 5.02 Å². The van der Waals surface area contributed by atoms with Gasteiger partial charge in [-0.1, -0.05) is 29.8 Å². The summed E-state index contributed by atoms with van der Waals surface area (Å²) in [6, 6.07) is 14.7. The van der Waals surface area contributed by atoms with Crippen molar-refractivity contribution in [3.63, 3.8) is 0 Å². The number of hydrogen-bond acceptors (Lipinski definition) is 4. The molecule has 0 atom stereocenters. The lowest BCUT2D eigenvalue weighted by Gasteiger charge is -2.34. The summed E-state index contributed by atoms with van der Waals surface area (Å²) in [5, 5.41) is 9.33. The van der Waals surface area contributed by atoms with E-state index in [1.165, 1.54) is 16.4 Å². The molecular weight excluding hydrogens is 374 g/mol. The molecule has 26 heavy (non-hydrogen) atoms. The van der Waals surface area contributed by atoms with Crippen molar-refractivity contribution in [2.75, 3.05) is 26.2 Å². The fourth-order valence-corrected chi connectivity index (χ4v) is 4.50. The van der Waals surface area contributed by atoms with Gasteiger partial charge in [-0.25, -0.2) is 8.42 Å². The van der Waals surface area contributed by atoms with E-state index in [-0.39, 0.29) is 37.0 Å². The molecule has 0 unspecified atom stereocenters. The average molecular weight is 390 g/mol. The van der Waals surface area contributed by atoms with Crippen LogP contribution in [0.1, 0.15) is 15.9 Å². The number of carbonyl (C=O) groups excluding carboxylic acids is 1. The molecule has 1 aliphatic rings. The highest BCUT2D eigenvalue weighted by Gasteiger charge is 2.31. The van der Waals surface area contributed by atoms with Crippen molar-refractivity contribution in [1.29, 1.82) is 5.26 Å². The van der Waals surface area contributed by atoms with Crippen molar-refractivity contribution in [3.8, 4) is 6.07 Å². The molecule has 0 bridgehead atoms. The van der Waals surface area contributed by atoms with Gasteiger partial charge in [0.25, 0.3) is 5.91 Å². The van der Waals surface area contributed by atoms with Crippen molar-refractivity contribution < 1.29 is 13.2 Å². The van der Waals surface area contributed by atoms with Gasteiger partial charge in [-0.15, -0.1) is 0 Å². The second kappa shape index (κ2) is 7.46. The molecule has 0 aliphatic carbocycles. The van der Waals surface area contributed by atoms with Crippen molar-refractivity contribution in [3.05, 3.63) is 64.7 Å². The fraction of sp³-hybridized carbons (Fsp3) is 0.222. The molecule has 3 rings (SSSR count). The maximum absolute atomic E-state index is 12.7. The number of piperazine rings is 1. The van der Waals surface area contributed by atoms with E-state index in [0.29, 0.717) is 16.1 Å². The van der Waals surface area contributed by atoms with Gasteiger partial charge in [-0.3, -0.25) is 4.79 Å². The third-order valence-electron chi connectivity index (χ3n) is 4.23. The zero-order valence-corrected chi connectivity index (χ0v) is 15.4. The lowest BCUT2D eigenvalue weighted by molar-refractivity contribution is 0.0698. The minimum atomic E-state index is -3.70. The van der Waals surface area contributed by atoms with Crippen molar-refractivity contribution in [2.24, 2.45) is 0 Å². The molecule has 1 heterocycles. The van der Waals surface area contributed by atoms with Gasteiger partial charge in [0.05, 0.1) is 27.1 Å². The maximum Gasteiger partial charge on any atom is 0.255 e. The summed E-state index contributed by atoms with van der Waals surface area (Å²) in [5.74, 6) is -0.209. The highest BCUT2D eigenvalue weighted by molar-refractivity contribution is 7.89. The molecule has 0 aromatic heterocycles. The van der Waals surface area contributed by atoms with Crippen LogP contribution in [0.3, 0.4) is 0 Å². The summed E-state index contributed by atoms with van der Waals surface area (Å²) in [5.41, 5.74) is 0.700. The Bertz CT molecular complexity index is 977. The molecule has 1 amide bonds. The molecule has 1 aliphatic heterocycles. The number of rotatable bonds is 3. The molecule has 2 aromatic rings. The van der Waals surface area contributed by atoms with Crippen LogP contribution in [0, 0.1) is 11.3 Å². The van der Waals surface area contributed by atoms with E-state index in [1.54, 1.807) is 41.3 Å². The molecule has 6 nitrogen and oxygen atoms in total. The van der Waals surface area contributed by atoms with E-state index in [2.05, 4.69) is 0 Å². The molecule has 0 radical (unpaired) electrons. The van der Waals surface area contributed by atoms with Crippen LogP contribution in [0.25, 0.3) is 0 Å². The third-order valence-corrected chi connectivity index (χ3v) is 6.46. The summed E-state index contributed by atoms with van der Waals surface area (Å²) in [4.78, 5) is 14.2. The number of halogens is 1. The first-order valence-corrected chi connectivity index (χ1v) is 9.79. The van der Waals surface area contributed by atoms with Gasteiger partial charge in [0.2, 0.25) is 10.0 Å². The van der Waals surface area contributed by atoms with Crippen LogP contribution in [-0.2, 0) is 10.0 Å². The number of nitrogens with zero attached hydrogens (tertiary/aromatic N) is 3. The molecule has 134 valence electrons. The zero-order valence-electron chi connectivity index (χ0n) is 13.8. The number of carbonyl (C=O) groups is 1. The SMILES string of the molecule is N#Cc1cccc(S(=O)(=O)N2CCN(C(=O)c3ccccc3Cl)CC2)c1. The zero-order chi connectivity index (χ0) is 18.7. The molecular formula is C18H16ClN3O3S. The van der Waals surface area contributed by atoms with Gasteiger partial charge in [-0.2, -0.15) is 9.57 Å². The van der Waals surface area contributed by atoms with Crippen LogP contribution >= 0.6 is 11.6 Å². The van der Waals surface area contributed by atoms with Gasteiger partial charge < -0.3 is 4.90 Å². The van der Waals surface area contributed by atoms with Gasteiger partial charge in [-0.05, 0) is 30.3 Å². The molecule has 0 saturated carbocycles. The van der Waals surface area contributed by atoms with Crippen molar-refractivity contribution >= 4 is 27.5 Å². The summed E-state index contributed by atoms with van der Waals surface area (Å²) in [6.07, 6.45) is 0. The van der Waals surface area contributed by atoms with Crippen LogP contribution in [0.4, 0.5) is 0 Å². The molecule has 0 N–H and O–H groups in total. The van der Waals surface area contributed by atoms with Gasteiger partial charge >= 0.3 is 0 Å². The van der Waals surface area contributed by atoms with Crippen molar-refractivity contribution in [2.45, 2.75) is 4.90 Å². The molecule has 8 heteroatoms. The lowest BCUT2D eigenvalue weighted by Crippen LogP contribution is -2.50. The second-order valence-corrected chi connectivity index (χ2v) is 8.16. The Labute approximate surface area is 157 Å². The van der Waals surface area contributed by atoms with Crippen molar-refractivity contribution in [1.82, 2.24) is 9.21 Å². The Morgan fingerprint density at radius 3 is 2.38 bits per heavy atom. The standard InChI is InChI=1S/C18H16ClN3O3S/c19-17-7-2-1-6-16(17)18(23)21-8-10-22(11-9-21)26(24,25)15-5-3-4-14(12-15)13-20/h1-7,12H,8-11H2. The molecule has 1 fully saturated rings. The summed E-state index contributed by atoms with van der Waals surface area (Å²) in [6.45, 7) is 0.938. The number of benzene rings is 2. The number of amides is 1. The van der Waals surface area contributed by atoms with Gasteiger partial charge in [0.15, 0.2) is 0 Å². The summed E-state index contributed by atoms with van der Waals surface area (Å²) < 4.78 is 26.8. The quantitative estimate of drug-likeness (QED) is 0.806. The van der Waals surface area contributed by atoms with Gasteiger partial charge in [0, 0.05) is 26.2 Å². The van der Waals surface area contributed by atoms with Crippen LogP contribution in [0.5, 0.6) is 0 Å². The number of hydrogen-bond donors (Lipinski definition) is 0. The van der Waals surface area contributed by atoms with E-state index < -0.39 is 10.0 Å².